The van der Waals surface area contributed by atoms with Crippen molar-refractivity contribution < 1.29 is 19.0 Å². The first-order valence-corrected chi connectivity index (χ1v) is 8.70. The lowest BCUT2D eigenvalue weighted by atomic mass is 10.00. The summed E-state index contributed by atoms with van der Waals surface area (Å²) in [6.07, 6.45) is -1.27. The van der Waals surface area contributed by atoms with Gasteiger partial charge in [-0.25, -0.2) is 14.1 Å². The molecule has 6 nitrogen and oxygen atoms in total. The van der Waals surface area contributed by atoms with Gasteiger partial charge in [-0.15, -0.1) is 0 Å². The van der Waals surface area contributed by atoms with Gasteiger partial charge in [0.05, 0.1) is 13.2 Å². The van der Waals surface area contributed by atoms with Crippen LogP contribution in [-0.2, 0) is 22.3 Å². The quantitative estimate of drug-likeness (QED) is 0.766. The highest BCUT2D eigenvalue weighted by molar-refractivity contribution is 5.54. The van der Waals surface area contributed by atoms with E-state index in [1.165, 1.54) is 10.7 Å². The van der Waals surface area contributed by atoms with Gasteiger partial charge in [0, 0.05) is 23.7 Å². The van der Waals surface area contributed by atoms with E-state index < -0.39 is 17.7 Å². The highest BCUT2D eigenvalue weighted by atomic mass is 19.1. The molecule has 1 aromatic heterocycles. The zero-order valence-electron chi connectivity index (χ0n) is 15.1. The van der Waals surface area contributed by atoms with E-state index in [9.17, 15) is 9.50 Å². The van der Waals surface area contributed by atoms with E-state index in [0.717, 1.165) is 5.56 Å². The molecule has 1 aliphatic heterocycles. The molecule has 0 bridgehead atoms. The molecule has 27 heavy (non-hydrogen) atoms. The minimum Gasteiger partial charge on any atom is -0.380 e. The summed E-state index contributed by atoms with van der Waals surface area (Å²) in [7, 11) is 1.67. The molecule has 0 radical (unpaired) electrons. The van der Waals surface area contributed by atoms with Crippen LogP contribution >= 0.6 is 0 Å². The lowest BCUT2D eigenvalue weighted by Crippen LogP contribution is -2.23. The molecule has 1 atom stereocenters. The number of aliphatic hydroxyl groups excluding tert-OH is 1. The van der Waals surface area contributed by atoms with Gasteiger partial charge in [-0.1, -0.05) is 36.4 Å². The fraction of sp³-hybridized carbons (Fsp3) is 0.300. The number of nitrogens with zero attached hydrogens (tertiary/aromatic N) is 3. The molecule has 1 unspecified atom stereocenters. The molecule has 2 heterocycles. The Morgan fingerprint density at radius 1 is 1.15 bits per heavy atom. The van der Waals surface area contributed by atoms with Gasteiger partial charge in [0.25, 0.3) is 0 Å². The third kappa shape index (κ3) is 3.25. The predicted octanol–water partition coefficient (Wildman–Crippen LogP) is 2.92. The van der Waals surface area contributed by atoms with Gasteiger partial charge in [-0.2, -0.15) is 5.10 Å². The number of ether oxygens (including phenoxy) is 2. The standard InChI is InChI=1S/C20H20FN3O3/c1-20(26-10-11-27-20)14-8-9-16(21)15(12-14)17(25)19-22-18(23-24(19)2)13-6-4-3-5-7-13/h3-9,12,17,25H,10-11H2,1-2H3. The second kappa shape index (κ2) is 6.84. The third-order valence-corrected chi connectivity index (χ3v) is 4.73. The SMILES string of the molecule is Cn1nc(-c2ccccc2)nc1C(O)c1cc(C2(C)OCCO2)ccc1F. The topological polar surface area (TPSA) is 69.4 Å². The summed E-state index contributed by atoms with van der Waals surface area (Å²) in [5.41, 5.74) is 1.56. The number of hydrogen-bond acceptors (Lipinski definition) is 5. The maximum absolute atomic E-state index is 14.5. The third-order valence-electron chi connectivity index (χ3n) is 4.73. The molecule has 7 heteroatoms. The van der Waals surface area contributed by atoms with Crippen molar-refractivity contribution in [2.45, 2.75) is 18.8 Å². The highest BCUT2D eigenvalue weighted by Gasteiger charge is 2.34. The number of halogens is 1. The Morgan fingerprint density at radius 3 is 2.56 bits per heavy atom. The number of aliphatic hydroxyl groups is 1. The second-order valence-electron chi connectivity index (χ2n) is 6.56. The van der Waals surface area contributed by atoms with Gasteiger partial charge in [0.15, 0.2) is 17.4 Å². The van der Waals surface area contributed by atoms with Crippen molar-refractivity contribution in [2.24, 2.45) is 7.05 Å². The summed E-state index contributed by atoms with van der Waals surface area (Å²) >= 11 is 0. The molecule has 0 aliphatic carbocycles. The van der Waals surface area contributed by atoms with Crippen molar-refractivity contribution in [1.82, 2.24) is 14.8 Å². The Bertz CT molecular complexity index is 952. The Labute approximate surface area is 156 Å². The smallest absolute Gasteiger partial charge is 0.192 e. The molecular formula is C20H20FN3O3. The highest BCUT2D eigenvalue weighted by Crippen LogP contribution is 2.34. The summed E-state index contributed by atoms with van der Waals surface area (Å²) in [6, 6.07) is 13.9. The molecule has 3 aromatic rings. The fourth-order valence-corrected chi connectivity index (χ4v) is 3.20. The van der Waals surface area contributed by atoms with Crippen LogP contribution in [0.1, 0.15) is 30.0 Å². The average molecular weight is 369 g/mol. The van der Waals surface area contributed by atoms with Gasteiger partial charge < -0.3 is 14.6 Å². The van der Waals surface area contributed by atoms with Gasteiger partial charge in [-0.05, 0) is 19.1 Å². The van der Waals surface area contributed by atoms with Crippen molar-refractivity contribution in [3.05, 3.63) is 71.3 Å². The van der Waals surface area contributed by atoms with E-state index in [0.29, 0.717) is 24.6 Å². The van der Waals surface area contributed by atoms with Crippen LogP contribution in [0.4, 0.5) is 4.39 Å². The fourth-order valence-electron chi connectivity index (χ4n) is 3.20. The van der Waals surface area contributed by atoms with Gasteiger partial charge >= 0.3 is 0 Å². The van der Waals surface area contributed by atoms with E-state index in [4.69, 9.17) is 9.47 Å². The molecular weight excluding hydrogens is 349 g/mol. The molecule has 1 fully saturated rings. The van der Waals surface area contributed by atoms with E-state index in [1.807, 2.05) is 30.3 Å². The van der Waals surface area contributed by atoms with Gasteiger partial charge in [0.2, 0.25) is 0 Å². The van der Waals surface area contributed by atoms with Crippen molar-refractivity contribution in [3.63, 3.8) is 0 Å². The van der Waals surface area contributed by atoms with Crippen LogP contribution in [0.15, 0.2) is 48.5 Å². The first-order valence-electron chi connectivity index (χ1n) is 8.70. The Kier molecular flexibility index (Phi) is 4.51. The summed E-state index contributed by atoms with van der Waals surface area (Å²) in [6.45, 7) is 2.71. The lowest BCUT2D eigenvalue weighted by Gasteiger charge is -2.24. The summed E-state index contributed by atoms with van der Waals surface area (Å²) in [5, 5.41) is 15.2. The molecule has 0 spiro atoms. The summed E-state index contributed by atoms with van der Waals surface area (Å²) in [5.74, 6) is -0.754. The lowest BCUT2D eigenvalue weighted by molar-refractivity contribution is -0.149. The van der Waals surface area contributed by atoms with E-state index >= 15 is 0 Å². The average Bonchev–Trinajstić information content (AvgIpc) is 3.29. The number of aromatic nitrogens is 3. The molecule has 1 saturated heterocycles. The van der Waals surface area contributed by atoms with Crippen molar-refractivity contribution in [3.8, 4) is 11.4 Å². The first kappa shape index (κ1) is 17.8. The maximum atomic E-state index is 14.5. The minimum atomic E-state index is -1.27. The number of aryl methyl sites for hydroxylation is 1. The molecule has 0 saturated carbocycles. The Balaban J connectivity index is 1.71. The van der Waals surface area contributed by atoms with Crippen LogP contribution in [0, 0.1) is 5.82 Å². The first-order chi connectivity index (χ1) is 13.0. The van der Waals surface area contributed by atoms with Crippen LogP contribution in [0.3, 0.4) is 0 Å². The molecule has 2 aromatic carbocycles. The van der Waals surface area contributed by atoms with Gasteiger partial charge in [0.1, 0.15) is 11.9 Å². The number of rotatable bonds is 4. The number of hydrogen-bond donors (Lipinski definition) is 1. The number of benzene rings is 2. The molecule has 0 amide bonds. The van der Waals surface area contributed by atoms with Crippen molar-refractivity contribution in [2.75, 3.05) is 13.2 Å². The maximum Gasteiger partial charge on any atom is 0.192 e. The summed E-state index contributed by atoms with van der Waals surface area (Å²) < 4.78 is 27.2. The zero-order valence-corrected chi connectivity index (χ0v) is 15.1. The van der Waals surface area contributed by atoms with Crippen LogP contribution < -0.4 is 0 Å². The van der Waals surface area contributed by atoms with Crippen LogP contribution in [-0.4, -0.2) is 33.1 Å². The Hall–Kier alpha value is -2.61. The van der Waals surface area contributed by atoms with Crippen LogP contribution in [0.25, 0.3) is 11.4 Å². The second-order valence-corrected chi connectivity index (χ2v) is 6.56. The van der Waals surface area contributed by atoms with E-state index in [2.05, 4.69) is 10.1 Å². The predicted molar refractivity (Wildman–Crippen MR) is 96.2 cm³/mol. The van der Waals surface area contributed by atoms with Gasteiger partial charge in [-0.3, -0.25) is 0 Å². The largest absolute Gasteiger partial charge is 0.380 e. The van der Waals surface area contributed by atoms with Crippen molar-refractivity contribution in [1.29, 1.82) is 0 Å². The van der Waals surface area contributed by atoms with Crippen LogP contribution in [0.2, 0.25) is 0 Å². The molecule has 4 rings (SSSR count). The van der Waals surface area contributed by atoms with Crippen LogP contribution in [0.5, 0.6) is 0 Å². The molecule has 140 valence electrons. The zero-order chi connectivity index (χ0) is 19.0. The monoisotopic (exact) mass is 369 g/mol. The Morgan fingerprint density at radius 2 is 1.85 bits per heavy atom. The minimum absolute atomic E-state index is 0.0999. The molecule has 1 aliphatic rings. The van der Waals surface area contributed by atoms with Crippen molar-refractivity contribution >= 4 is 0 Å². The normalized spacial score (nSPS) is 17.2. The molecule has 1 N–H and O–H groups in total. The summed E-state index contributed by atoms with van der Waals surface area (Å²) in [4.78, 5) is 4.41. The van der Waals surface area contributed by atoms with E-state index in [1.54, 1.807) is 26.1 Å². The van der Waals surface area contributed by atoms with E-state index in [-0.39, 0.29) is 11.4 Å².